The summed E-state index contributed by atoms with van der Waals surface area (Å²) >= 11 is 0. The van der Waals surface area contributed by atoms with Gasteiger partial charge in [0.15, 0.2) is 6.04 Å². The van der Waals surface area contributed by atoms with Gasteiger partial charge in [-0.15, -0.1) is 0 Å². The van der Waals surface area contributed by atoms with Crippen molar-refractivity contribution in [3.8, 4) is 0 Å². The van der Waals surface area contributed by atoms with Crippen molar-refractivity contribution in [3.63, 3.8) is 0 Å². The Hall–Kier alpha value is -1.14. The number of rotatable bonds is 3. The van der Waals surface area contributed by atoms with Crippen LogP contribution >= 0.6 is 0 Å². The average molecular weight is 298 g/mol. The third kappa shape index (κ3) is 4.68. The van der Waals surface area contributed by atoms with E-state index in [1.165, 1.54) is 4.90 Å². The number of hydrogen-bond acceptors (Lipinski definition) is 3. The molecule has 2 aliphatic rings. The second-order valence-corrected chi connectivity index (χ2v) is 6.49. The van der Waals surface area contributed by atoms with Gasteiger partial charge in [-0.25, -0.2) is 4.79 Å². The molecular weight excluding hydrogens is 270 g/mol. The molecule has 3 N–H and O–H groups in total. The lowest BCUT2D eigenvalue weighted by Gasteiger charge is -2.35. The maximum Gasteiger partial charge on any atom is 0.321 e. The molecular formula is C15H28N3O3+. The Morgan fingerprint density at radius 2 is 1.71 bits per heavy atom. The van der Waals surface area contributed by atoms with E-state index in [1.54, 1.807) is 0 Å². The van der Waals surface area contributed by atoms with Crippen molar-refractivity contribution in [2.45, 2.75) is 70.7 Å². The predicted molar refractivity (Wildman–Crippen MR) is 79.1 cm³/mol. The number of imide groups is 1. The first-order chi connectivity index (χ1) is 9.95. The van der Waals surface area contributed by atoms with Gasteiger partial charge in [0, 0.05) is 6.04 Å². The smallest absolute Gasteiger partial charge is 0.321 e. The molecule has 3 amide bonds. The summed E-state index contributed by atoms with van der Waals surface area (Å²) < 4.78 is 5.68. The summed E-state index contributed by atoms with van der Waals surface area (Å²) in [4.78, 5) is 25.2. The number of quaternary nitrogens is 1. The number of carbonyl (C=O) groups excluding carboxylic acids is 2. The summed E-state index contributed by atoms with van der Waals surface area (Å²) in [6.07, 6.45) is 4.63. The summed E-state index contributed by atoms with van der Waals surface area (Å²) in [6, 6.07) is -0.371. The van der Waals surface area contributed by atoms with Gasteiger partial charge in [0.05, 0.1) is 0 Å². The Morgan fingerprint density at radius 3 is 2.29 bits per heavy atom. The van der Waals surface area contributed by atoms with Gasteiger partial charge >= 0.3 is 6.03 Å². The quantitative estimate of drug-likeness (QED) is 0.678. The van der Waals surface area contributed by atoms with E-state index < -0.39 is 0 Å². The molecule has 1 aliphatic heterocycles. The van der Waals surface area contributed by atoms with Crippen molar-refractivity contribution in [2.75, 3.05) is 13.1 Å². The van der Waals surface area contributed by atoms with Gasteiger partial charge < -0.3 is 15.0 Å². The lowest BCUT2D eigenvalue weighted by Crippen LogP contribution is -3.19. The van der Waals surface area contributed by atoms with E-state index in [2.05, 4.69) is 10.6 Å². The largest absolute Gasteiger partial charge is 0.364 e. The summed E-state index contributed by atoms with van der Waals surface area (Å²) in [5.41, 5.74) is 0. The molecule has 21 heavy (non-hydrogen) atoms. The Bertz CT molecular complexity index is 372. The lowest BCUT2D eigenvalue weighted by atomic mass is 10.1. The molecule has 6 nitrogen and oxygen atoms in total. The zero-order valence-electron chi connectivity index (χ0n) is 13.3. The van der Waals surface area contributed by atoms with Crippen LogP contribution in [0.3, 0.4) is 0 Å². The third-order valence-corrected chi connectivity index (χ3v) is 4.50. The number of ether oxygens (including phenoxy) is 1. The Balaban J connectivity index is 1.79. The molecule has 120 valence electrons. The molecule has 2 fully saturated rings. The van der Waals surface area contributed by atoms with Gasteiger partial charge in [-0.3, -0.25) is 10.1 Å². The predicted octanol–water partition coefficient (Wildman–Crippen LogP) is -0.165. The van der Waals surface area contributed by atoms with E-state index in [4.69, 9.17) is 4.74 Å². The van der Waals surface area contributed by atoms with E-state index in [0.29, 0.717) is 0 Å². The number of amides is 3. The van der Waals surface area contributed by atoms with Crippen LogP contribution in [0, 0.1) is 0 Å². The van der Waals surface area contributed by atoms with Crippen LogP contribution in [0.5, 0.6) is 0 Å². The standard InChI is InChI=1S/C15H27N3O3/c1-10-8-18(9-11(2)21-10)12(3)14(19)17-15(20)16-13-6-4-5-7-13/h10-13H,4-9H2,1-3H3,(H2,16,17,19,20)/p+1/t10-,11-,12-/m0/s1. The van der Waals surface area contributed by atoms with Gasteiger partial charge in [0.2, 0.25) is 0 Å². The van der Waals surface area contributed by atoms with Gasteiger partial charge in [0.25, 0.3) is 5.91 Å². The molecule has 2 rings (SSSR count). The minimum Gasteiger partial charge on any atom is -0.364 e. The fraction of sp³-hybridized carbons (Fsp3) is 0.867. The van der Waals surface area contributed by atoms with Gasteiger partial charge in [-0.05, 0) is 33.6 Å². The molecule has 0 spiro atoms. The Labute approximate surface area is 126 Å². The van der Waals surface area contributed by atoms with E-state index >= 15 is 0 Å². The first kappa shape index (κ1) is 16.2. The molecule has 6 heteroatoms. The third-order valence-electron chi connectivity index (χ3n) is 4.50. The highest BCUT2D eigenvalue weighted by atomic mass is 16.5. The highest BCUT2D eigenvalue weighted by Gasteiger charge is 2.33. The monoisotopic (exact) mass is 298 g/mol. The van der Waals surface area contributed by atoms with E-state index in [-0.39, 0.29) is 36.2 Å². The molecule has 0 aromatic rings. The number of morpholine rings is 1. The van der Waals surface area contributed by atoms with Crippen molar-refractivity contribution < 1.29 is 19.2 Å². The van der Waals surface area contributed by atoms with Crippen molar-refractivity contribution in [1.29, 1.82) is 0 Å². The Kier molecular flexibility index (Phi) is 5.58. The molecule has 1 saturated carbocycles. The normalized spacial score (nSPS) is 31.7. The number of carbonyl (C=O) groups is 2. The Morgan fingerprint density at radius 1 is 1.14 bits per heavy atom. The minimum atomic E-state index is -0.354. The van der Waals surface area contributed by atoms with Crippen molar-refractivity contribution in [2.24, 2.45) is 0 Å². The fourth-order valence-electron chi connectivity index (χ4n) is 3.37. The topological polar surface area (TPSA) is 71.9 Å². The van der Waals surface area contributed by atoms with E-state index in [9.17, 15) is 9.59 Å². The fourth-order valence-corrected chi connectivity index (χ4v) is 3.37. The first-order valence-corrected chi connectivity index (χ1v) is 8.07. The maximum atomic E-state index is 12.2. The van der Waals surface area contributed by atoms with Crippen molar-refractivity contribution in [3.05, 3.63) is 0 Å². The van der Waals surface area contributed by atoms with Crippen LogP contribution in [0.4, 0.5) is 4.79 Å². The maximum absolute atomic E-state index is 12.2. The van der Waals surface area contributed by atoms with Crippen molar-refractivity contribution in [1.82, 2.24) is 10.6 Å². The molecule has 0 bridgehead atoms. The summed E-state index contributed by atoms with van der Waals surface area (Å²) in [6.45, 7) is 7.50. The molecule has 0 aromatic carbocycles. The molecule has 0 unspecified atom stereocenters. The van der Waals surface area contributed by atoms with E-state index in [1.807, 2.05) is 20.8 Å². The molecule has 0 radical (unpaired) electrons. The second-order valence-electron chi connectivity index (χ2n) is 6.49. The molecule has 1 aliphatic carbocycles. The summed E-state index contributed by atoms with van der Waals surface area (Å²) in [5, 5.41) is 5.36. The second kappa shape index (κ2) is 7.22. The van der Waals surface area contributed by atoms with Gasteiger partial charge in [-0.2, -0.15) is 0 Å². The van der Waals surface area contributed by atoms with Crippen LogP contribution in [0.25, 0.3) is 0 Å². The van der Waals surface area contributed by atoms with E-state index in [0.717, 1.165) is 38.8 Å². The van der Waals surface area contributed by atoms with Crippen LogP contribution in [0.15, 0.2) is 0 Å². The molecule has 1 heterocycles. The summed E-state index contributed by atoms with van der Waals surface area (Å²) in [7, 11) is 0. The van der Waals surface area contributed by atoms with Crippen molar-refractivity contribution >= 4 is 11.9 Å². The molecule has 0 aromatic heterocycles. The minimum absolute atomic E-state index is 0.145. The lowest BCUT2D eigenvalue weighted by molar-refractivity contribution is -0.928. The first-order valence-electron chi connectivity index (χ1n) is 8.07. The number of urea groups is 1. The average Bonchev–Trinajstić information content (AvgIpc) is 2.89. The SMILES string of the molecule is C[C@H]1C[NH+]([C@@H](C)C(=O)NC(=O)NC2CCCC2)C[C@H](C)O1. The van der Waals surface area contributed by atoms with Crippen LogP contribution in [0.2, 0.25) is 0 Å². The zero-order valence-corrected chi connectivity index (χ0v) is 13.3. The summed E-state index contributed by atoms with van der Waals surface area (Å²) in [5.74, 6) is -0.207. The van der Waals surface area contributed by atoms with Crippen LogP contribution in [-0.4, -0.2) is 49.3 Å². The van der Waals surface area contributed by atoms with Crippen LogP contribution < -0.4 is 15.5 Å². The van der Waals surface area contributed by atoms with Gasteiger partial charge in [-0.1, -0.05) is 12.8 Å². The molecule has 3 atom stereocenters. The molecule has 1 saturated heterocycles. The van der Waals surface area contributed by atoms with Crippen LogP contribution in [-0.2, 0) is 9.53 Å². The zero-order chi connectivity index (χ0) is 15.4. The van der Waals surface area contributed by atoms with Gasteiger partial charge in [0.1, 0.15) is 25.3 Å². The number of nitrogens with one attached hydrogen (secondary N) is 3. The highest BCUT2D eigenvalue weighted by Crippen LogP contribution is 2.17. The van der Waals surface area contributed by atoms with Crippen LogP contribution in [0.1, 0.15) is 46.5 Å². The highest BCUT2D eigenvalue weighted by molar-refractivity contribution is 5.96. The number of hydrogen-bond donors (Lipinski definition) is 3.